The van der Waals surface area contributed by atoms with Crippen LogP contribution >= 0.6 is 22.6 Å². The number of nitrogens with zero attached hydrogens (tertiary/aromatic N) is 4. The van der Waals surface area contributed by atoms with Crippen molar-refractivity contribution in [2.45, 2.75) is 20.0 Å². The maximum atomic E-state index is 11.9. The Morgan fingerprint density at radius 1 is 0.879 bits per heavy atom. The molecule has 1 saturated heterocycles. The third kappa shape index (κ3) is 7.70. The van der Waals surface area contributed by atoms with Gasteiger partial charge >= 0.3 is 11.9 Å². The minimum absolute atomic E-state index is 0.329. The lowest BCUT2D eigenvalue weighted by molar-refractivity contribution is 0.0584. The summed E-state index contributed by atoms with van der Waals surface area (Å²) in [5.41, 5.74) is 3.34. The van der Waals surface area contributed by atoms with Gasteiger partial charge in [-0.2, -0.15) is 0 Å². The van der Waals surface area contributed by atoms with Crippen molar-refractivity contribution in [1.29, 1.82) is 0 Å². The molecule has 178 valence electrons. The van der Waals surface area contributed by atoms with Gasteiger partial charge in [0.15, 0.2) is 0 Å². The van der Waals surface area contributed by atoms with Gasteiger partial charge in [0.2, 0.25) is 0 Å². The van der Waals surface area contributed by atoms with Crippen molar-refractivity contribution >= 4 is 34.5 Å². The SMILES string of the molecule is COC(=O)c1cc(C)cc(CN2CCNCCN(Cc3cc(I)cc(C(=O)OC)n3)CC2)n1. The van der Waals surface area contributed by atoms with Crippen molar-refractivity contribution in [3.63, 3.8) is 0 Å². The fourth-order valence-corrected chi connectivity index (χ4v) is 4.41. The van der Waals surface area contributed by atoms with Crippen LogP contribution in [-0.2, 0) is 22.6 Å². The van der Waals surface area contributed by atoms with Crippen LogP contribution in [0.15, 0.2) is 24.3 Å². The lowest BCUT2D eigenvalue weighted by Gasteiger charge is -2.25. The van der Waals surface area contributed by atoms with E-state index >= 15 is 0 Å². The number of hydrogen-bond acceptors (Lipinski definition) is 9. The second-order valence-electron chi connectivity index (χ2n) is 7.97. The highest BCUT2D eigenvalue weighted by molar-refractivity contribution is 14.1. The van der Waals surface area contributed by atoms with Crippen molar-refractivity contribution in [1.82, 2.24) is 25.1 Å². The van der Waals surface area contributed by atoms with Crippen molar-refractivity contribution in [3.8, 4) is 0 Å². The van der Waals surface area contributed by atoms with E-state index in [-0.39, 0.29) is 0 Å². The molecule has 0 aliphatic carbocycles. The van der Waals surface area contributed by atoms with Gasteiger partial charge in [0, 0.05) is 55.9 Å². The first-order valence-corrected chi connectivity index (χ1v) is 11.9. The Hall–Kier alpha value is -2.15. The van der Waals surface area contributed by atoms with Gasteiger partial charge in [-0.05, 0) is 59.3 Å². The number of aryl methyl sites for hydroxylation is 1. The molecule has 1 fully saturated rings. The number of rotatable bonds is 6. The lowest BCUT2D eigenvalue weighted by atomic mass is 10.2. The number of esters is 2. The standard InChI is InChI=1S/C23H30IN5O4/c1-16-10-18(26-20(11-16)22(30)32-2)14-28-6-4-25-5-7-29(9-8-28)15-19-12-17(24)13-21(27-19)23(31)33-3/h10-13,25H,4-9,14-15H2,1-3H3. The molecule has 2 aromatic heterocycles. The summed E-state index contributed by atoms with van der Waals surface area (Å²) in [5, 5.41) is 3.49. The fraction of sp³-hybridized carbons (Fsp3) is 0.478. The minimum Gasteiger partial charge on any atom is -0.464 e. The fourth-order valence-electron chi connectivity index (χ4n) is 3.75. The van der Waals surface area contributed by atoms with Gasteiger partial charge in [-0.3, -0.25) is 9.80 Å². The Bertz CT molecular complexity index is 910. The van der Waals surface area contributed by atoms with Crippen LogP contribution in [0.2, 0.25) is 0 Å². The molecule has 0 aromatic carbocycles. The molecule has 0 saturated carbocycles. The third-order valence-corrected chi connectivity index (χ3v) is 5.99. The number of halogens is 1. The van der Waals surface area contributed by atoms with Crippen molar-refractivity contribution < 1.29 is 19.1 Å². The molecule has 3 heterocycles. The highest BCUT2D eigenvalue weighted by atomic mass is 127. The summed E-state index contributed by atoms with van der Waals surface area (Å²) < 4.78 is 10.6. The van der Waals surface area contributed by atoms with Crippen LogP contribution in [-0.4, -0.2) is 85.2 Å². The van der Waals surface area contributed by atoms with Crippen LogP contribution in [0.3, 0.4) is 0 Å². The highest BCUT2D eigenvalue weighted by Crippen LogP contribution is 2.13. The van der Waals surface area contributed by atoms with Crippen LogP contribution in [0.1, 0.15) is 37.9 Å². The molecule has 9 nitrogen and oxygen atoms in total. The quantitative estimate of drug-likeness (QED) is 0.415. The third-order valence-electron chi connectivity index (χ3n) is 5.37. The molecule has 1 aliphatic heterocycles. The number of methoxy groups -OCH3 is 2. The first-order chi connectivity index (χ1) is 15.9. The number of ether oxygens (including phenoxy) is 2. The molecule has 0 unspecified atom stereocenters. The van der Waals surface area contributed by atoms with E-state index in [2.05, 4.69) is 47.7 Å². The topological polar surface area (TPSA) is 96.9 Å². The van der Waals surface area contributed by atoms with Gasteiger partial charge in [0.25, 0.3) is 0 Å². The zero-order valence-electron chi connectivity index (χ0n) is 19.3. The van der Waals surface area contributed by atoms with Gasteiger partial charge in [-0.1, -0.05) is 0 Å². The van der Waals surface area contributed by atoms with E-state index in [1.165, 1.54) is 14.2 Å². The monoisotopic (exact) mass is 567 g/mol. The molecule has 33 heavy (non-hydrogen) atoms. The number of pyridine rings is 2. The molecule has 0 bridgehead atoms. The Morgan fingerprint density at radius 3 is 1.94 bits per heavy atom. The van der Waals surface area contributed by atoms with Crippen LogP contribution in [0.4, 0.5) is 0 Å². The maximum absolute atomic E-state index is 11.9. The Morgan fingerprint density at radius 2 is 1.39 bits per heavy atom. The van der Waals surface area contributed by atoms with Crippen LogP contribution in [0.5, 0.6) is 0 Å². The number of aromatic nitrogens is 2. The molecule has 3 rings (SSSR count). The highest BCUT2D eigenvalue weighted by Gasteiger charge is 2.17. The van der Waals surface area contributed by atoms with Gasteiger partial charge in [0.05, 0.1) is 25.6 Å². The molecule has 10 heteroatoms. The molecule has 2 aromatic rings. The predicted octanol–water partition coefficient (Wildman–Crippen LogP) is 1.87. The van der Waals surface area contributed by atoms with Crippen LogP contribution < -0.4 is 5.32 Å². The predicted molar refractivity (Wildman–Crippen MR) is 132 cm³/mol. The number of carbonyl (C=O) groups is 2. The summed E-state index contributed by atoms with van der Waals surface area (Å²) in [6, 6.07) is 7.48. The van der Waals surface area contributed by atoms with Gasteiger partial charge in [-0.25, -0.2) is 19.6 Å². The number of carbonyl (C=O) groups excluding carboxylic acids is 2. The molecule has 0 amide bonds. The summed E-state index contributed by atoms with van der Waals surface area (Å²) in [6.45, 7) is 8.44. The summed E-state index contributed by atoms with van der Waals surface area (Å²) >= 11 is 2.20. The van der Waals surface area contributed by atoms with Gasteiger partial charge in [-0.15, -0.1) is 0 Å². The summed E-state index contributed by atoms with van der Waals surface area (Å²) in [5.74, 6) is -0.849. The molecule has 0 radical (unpaired) electrons. The Kier molecular flexibility index (Phi) is 9.53. The molecular weight excluding hydrogens is 537 g/mol. The van der Waals surface area contributed by atoms with Crippen LogP contribution in [0.25, 0.3) is 0 Å². The summed E-state index contributed by atoms with van der Waals surface area (Å²) in [4.78, 5) is 37.5. The summed E-state index contributed by atoms with van der Waals surface area (Å²) in [7, 11) is 2.73. The lowest BCUT2D eigenvalue weighted by Crippen LogP contribution is -2.36. The van der Waals surface area contributed by atoms with E-state index in [1.807, 2.05) is 19.1 Å². The molecular formula is C23H30IN5O4. The molecule has 0 atom stereocenters. The van der Waals surface area contributed by atoms with Crippen molar-refractivity contribution in [2.75, 3.05) is 53.5 Å². The van der Waals surface area contributed by atoms with Gasteiger partial charge < -0.3 is 14.8 Å². The minimum atomic E-state index is -0.427. The zero-order chi connectivity index (χ0) is 23.8. The van der Waals surface area contributed by atoms with E-state index in [9.17, 15) is 9.59 Å². The van der Waals surface area contributed by atoms with E-state index in [0.29, 0.717) is 24.5 Å². The molecule has 1 N–H and O–H groups in total. The number of nitrogens with one attached hydrogen (secondary N) is 1. The zero-order valence-corrected chi connectivity index (χ0v) is 21.4. The largest absolute Gasteiger partial charge is 0.464 e. The van der Waals surface area contributed by atoms with E-state index in [0.717, 1.165) is 59.8 Å². The average molecular weight is 567 g/mol. The van der Waals surface area contributed by atoms with Gasteiger partial charge in [0.1, 0.15) is 11.4 Å². The number of hydrogen-bond donors (Lipinski definition) is 1. The average Bonchev–Trinajstić information content (AvgIpc) is 2.89. The van der Waals surface area contributed by atoms with Crippen LogP contribution in [0, 0.1) is 10.5 Å². The first-order valence-electron chi connectivity index (χ1n) is 10.8. The molecule has 0 spiro atoms. The smallest absolute Gasteiger partial charge is 0.356 e. The Labute approximate surface area is 208 Å². The second kappa shape index (κ2) is 12.4. The first kappa shape index (κ1) is 25.5. The van der Waals surface area contributed by atoms with Crippen molar-refractivity contribution in [3.05, 3.63) is 56.2 Å². The molecule has 1 aliphatic rings. The summed E-state index contributed by atoms with van der Waals surface area (Å²) in [6.07, 6.45) is 0. The van der Waals surface area contributed by atoms with E-state index in [4.69, 9.17) is 9.47 Å². The van der Waals surface area contributed by atoms with E-state index in [1.54, 1.807) is 12.1 Å². The van der Waals surface area contributed by atoms with Crippen molar-refractivity contribution in [2.24, 2.45) is 0 Å². The Balaban J connectivity index is 1.69. The second-order valence-corrected chi connectivity index (χ2v) is 9.21. The normalized spacial score (nSPS) is 15.9. The maximum Gasteiger partial charge on any atom is 0.356 e. The van der Waals surface area contributed by atoms with E-state index < -0.39 is 11.9 Å².